The minimum atomic E-state index is 0.248. The highest BCUT2D eigenvalue weighted by atomic mass is 15.1. The van der Waals surface area contributed by atoms with E-state index in [4.69, 9.17) is 5.26 Å². The van der Waals surface area contributed by atoms with Crippen molar-refractivity contribution in [3.8, 4) is 6.07 Å². The summed E-state index contributed by atoms with van der Waals surface area (Å²) in [4.78, 5) is 0. The molecule has 0 saturated carbocycles. The average Bonchev–Trinajstić information content (AvgIpc) is 2.89. The Bertz CT molecular complexity index is 493. The monoisotopic (exact) mass is 226 g/mol. The van der Waals surface area contributed by atoms with E-state index in [9.17, 15) is 0 Å². The zero-order valence-electron chi connectivity index (χ0n) is 9.64. The fourth-order valence-corrected chi connectivity index (χ4v) is 1.61. The van der Waals surface area contributed by atoms with E-state index in [1.54, 1.807) is 6.20 Å². The Kier molecular flexibility index (Phi) is 3.53. The van der Waals surface area contributed by atoms with Gasteiger partial charge in [-0.3, -0.25) is 5.10 Å². The summed E-state index contributed by atoms with van der Waals surface area (Å²) in [6.45, 7) is 2.87. The Morgan fingerprint density at radius 3 is 2.76 bits per heavy atom. The van der Waals surface area contributed by atoms with E-state index in [-0.39, 0.29) is 6.04 Å². The lowest BCUT2D eigenvalue weighted by molar-refractivity contribution is 0.575. The lowest BCUT2D eigenvalue weighted by atomic mass is 10.1. The number of rotatable bonds is 4. The number of hydrogen-bond acceptors (Lipinski definition) is 3. The molecule has 0 amide bonds. The van der Waals surface area contributed by atoms with Crippen molar-refractivity contribution in [2.45, 2.75) is 19.5 Å². The van der Waals surface area contributed by atoms with Crippen LogP contribution < -0.4 is 5.32 Å². The van der Waals surface area contributed by atoms with Crippen LogP contribution in [0.1, 0.15) is 29.7 Å². The number of hydrogen-bond donors (Lipinski definition) is 2. The number of aromatic nitrogens is 2. The lowest BCUT2D eigenvalue weighted by Gasteiger charge is -2.13. The van der Waals surface area contributed by atoms with Crippen LogP contribution >= 0.6 is 0 Å². The van der Waals surface area contributed by atoms with Crippen molar-refractivity contribution in [1.29, 1.82) is 5.26 Å². The molecule has 0 radical (unpaired) electrons. The van der Waals surface area contributed by atoms with E-state index >= 15 is 0 Å². The predicted molar refractivity (Wildman–Crippen MR) is 65.0 cm³/mol. The second-order valence-electron chi connectivity index (χ2n) is 3.94. The molecule has 0 bridgehead atoms. The molecule has 2 aromatic rings. The molecular weight excluding hydrogens is 212 g/mol. The van der Waals surface area contributed by atoms with Crippen LogP contribution in [0.5, 0.6) is 0 Å². The highest BCUT2D eigenvalue weighted by Gasteiger charge is 2.04. The molecule has 1 heterocycles. The summed E-state index contributed by atoms with van der Waals surface area (Å²) < 4.78 is 0. The highest BCUT2D eigenvalue weighted by molar-refractivity contribution is 5.32. The first-order valence-electron chi connectivity index (χ1n) is 5.50. The number of H-pyrrole nitrogens is 1. The van der Waals surface area contributed by atoms with Gasteiger partial charge in [-0.15, -0.1) is 0 Å². The van der Waals surface area contributed by atoms with Gasteiger partial charge in [-0.1, -0.05) is 12.1 Å². The molecule has 0 saturated heterocycles. The molecule has 1 aromatic heterocycles. The Morgan fingerprint density at radius 2 is 2.18 bits per heavy atom. The third-order valence-electron chi connectivity index (χ3n) is 2.71. The smallest absolute Gasteiger partial charge is 0.0991 e. The van der Waals surface area contributed by atoms with Crippen LogP contribution in [-0.2, 0) is 6.54 Å². The van der Waals surface area contributed by atoms with E-state index in [1.165, 1.54) is 5.56 Å². The fourth-order valence-electron chi connectivity index (χ4n) is 1.61. The van der Waals surface area contributed by atoms with Gasteiger partial charge in [-0.05, 0) is 24.6 Å². The third kappa shape index (κ3) is 2.92. The van der Waals surface area contributed by atoms with Crippen molar-refractivity contribution in [1.82, 2.24) is 15.5 Å². The minimum Gasteiger partial charge on any atom is -0.306 e. The molecule has 17 heavy (non-hydrogen) atoms. The molecule has 4 heteroatoms. The van der Waals surface area contributed by atoms with Gasteiger partial charge in [-0.25, -0.2) is 0 Å². The first-order chi connectivity index (χ1) is 8.29. The van der Waals surface area contributed by atoms with Crippen molar-refractivity contribution in [2.75, 3.05) is 0 Å². The first-order valence-corrected chi connectivity index (χ1v) is 5.50. The summed E-state index contributed by atoms with van der Waals surface area (Å²) >= 11 is 0. The van der Waals surface area contributed by atoms with Crippen molar-refractivity contribution in [3.05, 3.63) is 53.3 Å². The van der Waals surface area contributed by atoms with Gasteiger partial charge in [0.25, 0.3) is 0 Å². The van der Waals surface area contributed by atoms with Crippen molar-refractivity contribution in [3.63, 3.8) is 0 Å². The summed E-state index contributed by atoms with van der Waals surface area (Å²) in [5.41, 5.74) is 2.99. The largest absolute Gasteiger partial charge is 0.306 e. The number of nitriles is 1. The zero-order valence-corrected chi connectivity index (χ0v) is 9.64. The summed E-state index contributed by atoms with van der Waals surface area (Å²) in [5, 5.41) is 18.8. The summed E-state index contributed by atoms with van der Waals surface area (Å²) in [6, 6.07) is 10.00. The van der Waals surface area contributed by atoms with Crippen LogP contribution in [0.15, 0.2) is 36.7 Å². The molecule has 1 atom stereocenters. The normalized spacial score (nSPS) is 12.0. The number of nitrogens with zero attached hydrogens (tertiary/aromatic N) is 2. The zero-order chi connectivity index (χ0) is 12.1. The van der Waals surface area contributed by atoms with Gasteiger partial charge in [0.2, 0.25) is 0 Å². The maximum Gasteiger partial charge on any atom is 0.0991 e. The molecule has 0 aliphatic heterocycles. The van der Waals surface area contributed by atoms with Gasteiger partial charge in [0.1, 0.15) is 0 Å². The number of aromatic amines is 1. The second kappa shape index (κ2) is 5.28. The quantitative estimate of drug-likeness (QED) is 0.839. The van der Waals surface area contributed by atoms with Crippen LogP contribution in [0.2, 0.25) is 0 Å². The Balaban J connectivity index is 1.95. The summed E-state index contributed by atoms with van der Waals surface area (Å²) in [7, 11) is 0. The van der Waals surface area contributed by atoms with E-state index in [1.807, 2.05) is 30.5 Å². The standard InChI is InChI=1S/C13H14N4/c1-10(15-7-12-8-16-17-9-12)13-4-2-11(6-14)3-5-13/h2-5,8-10,15H,7H2,1H3,(H,16,17). The van der Waals surface area contributed by atoms with Crippen LogP contribution in [0.25, 0.3) is 0 Å². The van der Waals surface area contributed by atoms with E-state index in [0.717, 1.165) is 12.1 Å². The summed E-state index contributed by atoms with van der Waals surface area (Å²) in [6.07, 6.45) is 3.68. The molecule has 0 aliphatic carbocycles. The van der Waals surface area contributed by atoms with Crippen LogP contribution in [0, 0.1) is 11.3 Å². The number of benzene rings is 1. The SMILES string of the molecule is CC(NCc1cn[nH]c1)c1ccc(C#N)cc1. The van der Waals surface area contributed by atoms with Crippen molar-refractivity contribution < 1.29 is 0 Å². The number of nitrogens with one attached hydrogen (secondary N) is 2. The maximum atomic E-state index is 8.72. The molecule has 1 unspecified atom stereocenters. The minimum absolute atomic E-state index is 0.248. The van der Waals surface area contributed by atoms with Crippen molar-refractivity contribution >= 4 is 0 Å². The summed E-state index contributed by atoms with van der Waals surface area (Å²) in [5.74, 6) is 0. The highest BCUT2D eigenvalue weighted by Crippen LogP contribution is 2.13. The Labute approximate surface area is 100 Å². The lowest BCUT2D eigenvalue weighted by Crippen LogP contribution is -2.17. The molecule has 0 fully saturated rings. The van der Waals surface area contributed by atoms with E-state index in [0.29, 0.717) is 5.56 Å². The molecule has 0 aliphatic rings. The molecule has 0 spiro atoms. The van der Waals surface area contributed by atoms with Gasteiger partial charge in [0.15, 0.2) is 0 Å². The second-order valence-corrected chi connectivity index (χ2v) is 3.94. The molecule has 2 rings (SSSR count). The third-order valence-corrected chi connectivity index (χ3v) is 2.71. The molecule has 4 nitrogen and oxygen atoms in total. The molecular formula is C13H14N4. The average molecular weight is 226 g/mol. The van der Waals surface area contributed by atoms with Gasteiger partial charge < -0.3 is 5.32 Å². The Hall–Kier alpha value is -2.12. The van der Waals surface area contributed by atoms with Crippen LogP contribution in [-0.4, -0.2) is 10.2 Å². The topological polar surface area (TPSA) is 64.5 Å². The Morgan fingerprint density at radius 1 is 1.41 bits per heavy atom. The molecule has 1 aromatic carbocycles. The van der Waals surface area contributed by atoms with Gasteiger partial charge in [0.05, 0.1) is 17.8 Å². The van der Waals surface area contributed by atoms with Crippen molar-refractivity contribution in [2.24, 2.45) is 0 Å². The van der Waals surface area contributed by atoms with E-state index in [2.05, 4.69) is 28.5 Å². The first kappa shape index (κ1) is 11.4. The van der Waals surface area contributed by atoms with Gasteiger partial charge >= 0.3 is 0 Å². The fraction of sp³-hybridized carbons (Fsp3) is 0.231. The van der Waals surface area contributed by atoms with Gasteiger partial charge in [-0.2, -0.15) is 10.4 Å². The van der Waals surface area contributed by atoms with Crippen LogP contribution in [0.4, 0.5) is 0 Å². The van der Waals surface area contributed by atoms with Gasteiger partial charge in [0, 0.05) is 24.3 Å². The predicted octanol–water partition coefficient (Wildman–Crippen LogP) is 2.13. The maximum absolute atomic E-state index is 8.72. The van der Waals surface area contributed by atoms with Crippen LogP contribution in [0.3, 0.4) is 0 Å². The van der Waals surface area contributed by atoms with E-state index < -0.39 is 0 Å². The molecule has 86 valence electrons. The molecule has 2 N–H and O–H groups in total.